The number of nitrogens with zero attached hydrogens (tertiary/aromatic N) is 1. The molecule has 0 bridgehead atoms. The Morgan fingerprint density at radius 3 is 2.41 bits per heavy atom. The van der Waals surface area contributed by atoms with Gasteiger partial charge in [0.1, 0.15) is 5.69 Å². The first-order valence-electron chi connectivity index (χ1n) is 12.1. The predicted octanol–water partition coefficient (Wildman–Crippen LogP) is 8.29. The number of Topliss-reactive ketones (excluding diaryl/α,β-unsaturated/α-hetero) is 2. The number of carbonyl (C=O) groups excluding carboxylic acids is 2. The molecule has 1 aliphatic carbocycles. The Balaban J connectivity index is 1.41. The van der Waals surface area contributed by atoms with Crippen molar-refractivity contribution >= 4 is 46.7 Å². The van der Waals surface area contributed by atoms with E-state index >= 15 is 0 Å². The number of hydrogen-bond acceptors (Lipinski definition) is 6. The van der Waals surface area contributed by atoms with E-state index in [-0.39, 0.29) is 17.1 Å². The summed E-state index contributed by atoms with van der Waals surface area (Å²) in [5.74, 6) is 1.15. The minimum absolute atomic E-state index is 0.150. The normalized spacial score (nSPS) is 15.2. The number of fused-ring (bicyclic) bond motifs is 1. The molecule has 0 spiro atoms. The third-order valence-electron chi connectivity index (χ3n) is 6.55. The fraction of sp³-hybridized carbons (Fsp3) is 0.167. The van der Waals surface area contributed by atoms with Crippen LogP contribution in [0.3, 0.4) is 0 Å². The summed E-state index contributed by atoms with van der Waals surface area (Å²) in [7, 11) is 0. The van der Waals surface area contributed by atoms with Crippen LogP contribution in [0, 0.1) is 0 Å². The minimum Gasteiger partial charge on any atom is -0.430 e. The summed E-state index contributed by atoms with van der Waals surface area (Å²) in [6, 6.07) is 23.4. The summed E-state index contributed by atoms with van der Waals surface area (Å²) in [6.07, 6.45) is 2.47. The molecule has 0 saturated carbocycles. The highest BCUT2D eigenvalue weighted by atomic mass is 35.5. The van der Waals surface area contributed by atoms with E-state index < -0.39 is 0 Å². The van der Waals surface area contributed by atoms with Crippen LogP contribution < -0.4 is 0 Å². The van der Waals surface area contributed by atoms with Gasteiger partial charge in [0, 0.05) is 38.7 Å². The first-order chi connectivity index (χ1) is 18.1. The second-order valence-electron chi connectivity index (χ2n) is 8.90. The number of thioether (sulfide) groups is 2. The van der Waals surface area contributed by atoms with Gasteiger partial charge in [-0.1, -0.05) is 72.3 Å². The molecule has 1 aromatic heterocycles. The van der Waals surface area contributed by atoms with Gasteiger partial charge in [0.05, 0.1) is 10.6 Å². The van der Waals surface area contributed by atoms with Crippen LogP contribution in [0.25, 0.3) is 22.6 Å². The average molecular weight is 544 g/mol. The zero-order chi connectivity index (χ0) is 25.4. The SMILES string of the molecule is O=C1CCCC(Sc2nc(-c3ccccc3)c(-c3ccccc3)o2)=C1C(=O)c1ccc2c(c1Cl)CCS2. The predicted molar refractivity (Wildman–Crippen MR) is 149 cm³/mol. The minimum atomic E-state index is -0.310. The third-order valence-corrected chi connectivity index (χ3v) is 9.09. The van der Waals surface area contributed by atoms with Crippen molar-refractivity contribution < 1.29 is 14.0 Å². The molecule has 4 aromatic rings. The van der Waals surface area contributed by atoms with Crippen molar-refractivity contribution in [2.24, 2.45) is 0 Å². The molecule has 0 saturated heterocycles. The van der Waals surface area contributed by atoms with Crippen LogP contribution in [-0.2, 0) is 11.2 Å². The van der Waals surface area contributed by atoms with Gasteiger partial charge in [-0.3, -0.25) is 9.59 Å². The van der Waals surface area contributed by atoms with Crippen LogP contribution in [0.1, 0.15) is 35.2 Å². The molecule has 0 N–H and O–H groups in total. The monoisotopic (exact) mass is 543 g/mol. The first kappa shape index (κ1) is 24.3. The number of carbonyl (C=O) groups is 2. The molecule has 7 heteroatoms. The topological polar surface area (TPSA) is 60.2 Å². The van der Waals surface area contributed by atoms with E-state index in [4.69, 9.17) is 21.0 Å². The molecule has 0 amide bonds. The Hall–Kier alpha value is -3.06. The zero-order valence-electron chi connectivity index (χ0n) is 19.8. The van der Waals surface area contributed by atoms with Crippen LogP contribution in [-0.4, -0.2) is 22.3 Å². The number of benzene rings is 3. The number of oxazole rings is 1. The van der Waals surface area contributed by atoms with Gasteiger partial charge >= 0.3 is 0 Å². The molecular formula is C30H22ClNO3S2. The molecule has 0 atom stereocenters. The molecule has 6 rings (SSSR count). The van der Waals surface area contributed by atoms with Crippen LogP contribution in [0.2, 0.25) is 5.02 Å². The second-order valence-corrected chi connectivity index (χ2v) is 11.5. The Labute approximate surface area is 228 Å². The van der Waals surface area contributed by atoms with E-state index in [2.05, 4.69) is 0 Å². The highest BCUT2D eigenvalue weighted by Gasteiger charge is 2.31. The Morgan fingerprint density at radius 1 is 0.919 bits per heavy atom. The molecule has 3 aromatic carbocycles. The van der Waals surface area contributed by atoms with Crippen molar-refractivity contribution in [1.29, 1.82) is 0 Å². The van der Waals surface area contributed by atoms with Gasteiger partial charge in [0.15, 0.2) is 17.3 Å². The van der Waals surface area contributed by atoms with Crippen molar-refractivity contribution in [2.75, 3.05) is 5.75 Å². The summed E-state index contributed by atoms with van der Waals surface area (Å²) in [6.45, 7) is 0. The fourth-order valence-electron chi connectivity index (χ4n) is 4.74. The van der Waals surface area contributed by atoms with Crippen molar-refractivity contribution in [3.05, 3.63) is 99.4 Å². The zero-order valence-corrected chi connectivity index (χ0v) is 22.2. The molecule has 2 aliphatic rings. The highest BCUT2D eigenvalue weighted by Crippen LogP contribution is 2.43. The van der Waals surface area contributed by atoms with E-state index in [9.17, 15) is 9.59 Å². The lowest BCUT2D eigenvalue weighted by Crippen LogP contribution is -2.19. The molecule has 1 aliphatic heterocycles. The summed E-state index contributed by atoms with van der Waals surface area (Å²) in [5.41, 5.74) is 4.18. The average Bonchev–Trinajstić information content (AvgIpc) is 3.58. The summed E-state index contributed by atoms with van der Waals surface area (Å²) in [5, 5.41) is 0.876. The molecule has 4 nitrogen and oxygen atoms in total. The Bertz CT molecular complexity index is 1490. The van der Waals surface area contributed by atoms with Crippen LogP contribution in [0.15, 0.2) is 97.8 Å². The largest absolute Gasteiger partial charge is 0.430 e. The number of allylic oxidation sites excluding steroid dienone is 2. The Kier molecular flexibility index (Phi) is 6.80. The van der Waals surface area contributed by atoms with E-state index in [1.165, 1.54) is 11.8 Å². The maximum atomic E-state index is 13.7. The van der Waals surface area contributed by atoms with E-state index in [0.717, 1.165) is 39.5 Å². The van der Waals surface area contributed by atoms with Gasteiger partial charge < -0.3 is 4.42 Å². The first-order valence-corrected chi connectivity index (χ1v) is 14.3. The van der Waals surface area contributed by atoms with Crippen LogP contribution in [0.4, 0.5) is 0 Å². The van der Waals surface area contributed by atoms with Gasteiger partial charge in [-0.15, -0.1) is 11.8 Å². The number of hydrogen-bond donors (Lipinski definition) is 0. The number of aromatic nitrogens is 1. The molecule has 2 heterocycles. The molecular weight excluding hydrogens is 522 g/mol. The van der Waals surface area contributed by atoms with Gasteiger partial charge in [0.2, 0.25) is 0 Å². The third kappa shape index (κ3) is 4.70. The molecule has 0 unspecified atom stereocenters. The quantitative estimate of drug-likeness (QED) is 0.180. The van der Waals surface area contributed by atoms with Gasteiger partial charge in [-0.2, -0.15) is 0 Å². The highest BCUT2D eigenvalue weighted by molar-refractivity contribution is 8.03. The number of ketones is 2. The van der Waals surface area contributed by atoms with Gasteiger partial charge in [-0.05, 0) is 48.7 Å². The van der Waals surface area contributed by atoms with Crippen molar-refractivity contribution in [3.8, 4) is 22.6 Å². The van der Waals surface area contributed by atoms with Gasteiger partial charge in [-0.25, -0.2) is 4.98 Å². The lowest BCUT2D eigenvalue weighted by Gasteiger charge is -2.18. The smallest absolute Gasteiger partial charge is 0.261 e. The summed E-state index contributed by atoms with van der Waals surface area (Å²) < 4.78 is 6.28. The van der Waals surface area contributed by atoms with Crippen molar-refractivity contribution in [2.45, 2.75) is 35.8 Å². The number of rotatable bonds is 6. The molecule has 0 fully saturated rings. The van der Waals surface area contributed by atoms with E-state index in [0.29, 0.717) is 45.7 Å². The van der Waals surface area contributed by atoms with E-state index in [1.807, 2.05) is 66.7 Å². The van der Waals surface area contributed by atoms with Crippen molar-refractivity contribution in [3.63, 3.8) is 0 Å². The van der Waals surface area contributed by atoms with Gasteiger partial charge in [0.25, 0.3) is 5.22 Å². The van der Waals surface area contributed by atoms with E-state index in [1.54, 1.807) is 17.8 Å². The van der Waals surface area contributed by atoms with Crippen molar-refractivity contribution in [1.82, 2.24) is 4.98 Å². The molecule has 37 heavy (non-hydrogen) atoms. The maximum Gasteiger partial charge on any atom is 0.261 e. The Morgan fingerprint density at radius 2 is 1.65 bits per heavy atom. The molecule has 184 valence electrons. The van der Waals surface area contributed by atoms with Crippen LogP contribution in [0.5, 0.6) is 0 Å². The standard InChI is InChI=1S/C30H22ClNO3S2/c31-26-20-16-17-36-23(20)15-14-21(26)28(34)25-22(33)12-7-13-24(25)37-30-32-27(18-8-3-1-4-9-18)29(35-30)19-10-5-2-6-11-19/h1-6,8-11,14-15H,7,12-13,16-17H2. The molecule has 0 radical (unpaired) electrons. The maximum absolute atomic E-state index is 13.7. The summed E-state index contributed by atoms with van der Waals surface area (Å²) in [4.78, 5) is 33.4. The fourth-order valence-corrected chi connectivity index (χ4v) is 7.24. The lowest BCUT2D eigenvalue weighted by molar-refractivity contribution is -0.115. The lowest BCUT2D eigenvalue weighted by atomic mass is 9.91. The van der Waals surface area contributed by atoms with Crippen LogP contribution >= 0.6 is 35.1 Å². The number of halogens is 1. The summed E-state index contributed by atoms with van der Waals surface area (Å²) >= 11 is 9.69. The second kappa shape index (κ2) is 10.4.